The second kappa shape index (κ2) is 10.1. The molecule has 1 heteroatoms. The summed E-state index contributed by atoms with van der Waals surface area (Å²) in [6.07, 6.45) is 23.2. The average molecular weight is 405 g/mol. The highest BCUT2D eigenvalue weighted by atomic mass is 16.5. The number of allylic oxidation sites excluding steroid dienone is 4. The van der Waals surface area contributed by atoms with Crippen molar-refractivity contribution >= 4 is 5.57 Å². The Labute approximate surface area is 184 Å². The van der Waals surface area contributed by atoms with Gasteiger partial charge in [-0.1, -0.05) is 54.6 Å². The summed E-state index contributed by atoms with van der Waals surface area (Å²) in [6.45, 7) is 4.79. The summed E-state index contributed by atoms with van der Waals surface area (Å²) in [4.78, 5) is 0. The lowest BCUT2D eigenvalue weighted by atomic mass is 9.61. The van der Waals surface area contributed by atoms with Gasteiger partial charge in [0.05, 0.1) is 6.61 Å². The minimum Gasteiger partial charge on any atom is -0.384 e. The molecule has 0 bridgehead atoms. The Bertz CT molecular complexity index is 729. The van der Waals surface area contributed by atoms with Crippen LogP contribution in [0.2, 0.25) is 0 Å². The smallest absolute Gasteiger partial charge is 0.0558 e. The van der Waals surface area contributed by atoms with Gasteiger partial charge < -0.3 is 4.74 Å². The fourth-order valence-corrected chi connectivity index (χ4v) is 6.63. The van der Waals surface area contributed by atoms with Crippen LogP contribution in [0.25, 0.3) is 5.57 Å². The molecule has 1 aromatic rings. The summed E-state index contributed by atoms with van der Waals surface area (Å²) in [5.41, 5.74) is 2.89. The van der Waals surface area contributed by atoms with Crippen LogP contribution in [0.1, 0.15) is 69.8 Å². The second-order valence-corrected chi connectivity index (χ2v) is 10.1. The summed E-state index contributed by atoms with van der Waals surface area (Å²) in [5, 5.41) is 0. The molecule has 162 valence electrons. The van der Waals surface area contributed by atoms with Crippen molar-refractivity contribution in [2.24, 2.45) is 29.1 Å². The highest BCUT2D eigenvalue weighted by Crippen LogP contribution is 2.49. The number of rotatable bonds is 7. The van der Waals surface area contributed by atoms with Crippen LogP contribution in [-0.4, -0.2) is 13.7 Å². The van der Waals surface area contributed by atoms with Gasteiger partial charge in [0.1, 0.15) is 0 Å². The molecule has 0 radical (unpaired) electrons. The number of hydrogen-bond donors (Lipinski definition) is 0. The molecular weight excluding hydrogens is 364 g/mol. The van der Waals surface area contributed by atoms with E-state index < -0.39 is 0 Å². The van der Waals surface area contributed by atoms with Crippen LogP contribution < -0.4 is 0 Å². The largest absolute Gasteiger partial charge is 0.384 e. The first kappa shape index (κ1) is 21.6. The third kappa shape index (κ3) is 4.83. The predicted molar refractivity (Wildman–Crippen MR) is 128 cm³/mol. The minimum absolute atomic E-state index is 0.194. The Hall–Kier alpha value is -1.60. The molecule has 1 unspecified atom stereocenters. The number of ether oxygens (including phenoxy) is 1. The molecule has 30 heavy (non-hydrogen) atoms. The van der Waals surface area contributed by atoms with E-state index in [9.17, 15) is 0 Å². The summed E-state index contributed by atoms with van der Waals surface area (Å²) in [6, 6.07) is 10.8. The van der Waals surface area contributed by atoms with Gasteiger partial charge >= 0.3 is 0 Å². The van der Waals surface area contributed by atoms with E-state index in [1.807, 2.05) is 7.11 Å². The SMILES string of the molecule is C=CC[C@H]1CC[C@H]([C@H]2CC[C@H](C3(COC)C=CC(c4ccccc4)=CC3)CC2)CC1. The third-order valence-corrected chi connectivity index (χ3v) is 8.46. The summed E-state index contributed by atoms with van der Waals surface area (Å²) in [7, 11) is 1.87. The van der Waals surface area contributed by atoms with Crippen molar-refractivity contribution in [3.63, 3.8) is 0 Å². The Morgan fingerprint density at radius 1 is 0.967 bits per heavy atom. The maximum Gasteiger partial charge on any atom is 0.0558 e. The topological polar surface area (TPSA) is 9.23 Å². The van der Waals surface area contributed by atoms with E-state index in [1.54, 1.807) is 0 Å². The number of benzene rings is 1. The fraction of sp³-hybridized carbons (Fsp3) is 0.586. The van der Waals surface area contributed by atoms with E-state index in [2.05, 4.69) is 61.2 Å². The molecule has 0 aromatic heterocycles. The normalized spacial score (nSPS) is 34.4. The van der Waals surface area contributed by atoms with Crippen molar-refractivity contribution in [1.29, 1.82) is 0 Å². The number of methoxy groups -OCH3 is 1. The van der Waals surface area contributed by atoms with Crippen molar-refractivity contribution in [3.05, 3.63) is 66.8 Å². The molecule has 1 nitrogen and oxygen atoms in total. The van der Waals surface area contributed by atoms with Gasteiger partial charge in [0.2, 0.25) is 0 Å². The van der Waals surface area contributed by atoms with Gasteiger partial charge in [0, 0.05) is 12.5 Å². The van der Waals surface area contributed by atoms with Gasteiger partial charge in [-0.15, -0.1) is 6.58 Å². The molecular formula is C29H40O. The van der Waals surface area contributed by atoms with E-state index in [-0.39, 0.29) is 5.41 Å². The van der Waals surface area contributed by atoms with Crippen molar-refractivity contribution in [3.8, 4) is 0 Å². The minimum atomic E-state index is 0.194. The van der Waals surface area contributed by atoms with E-state index in [0.717, 1.165) is 36.7 Å². The van der Waals surface area contributed by atoms with Crippen LogP contribution >= 0.6 is 0 Å². The van der Waals surface area contributed by atoms with E-state index in [0.29, 0.717) is 0 Å². The first-order chi connectivity index (χ1) is 14.7. The molecule has 0 spiro atoms. The van der Waals surface area contributed by atoms with Crippen molar-refractivity contribution < 1.29 is 4.74 Å². The Morgan fingerprint density at radius 3 is 2.20 bits per heavy atom. The Morgan fingerprint density at radius 2 is 1.63 bits per heavy atom. The molecule has 0 amide bonds. The summed E-state index contributed by atoms with van der Waals surface area (Å²) < 4.78 is 5.77. The molecule has 0 saturated heterocycles. The molecule has 0 heterocycles. The van der Waals surface area contributed by atoms with Gasteiger partial charge in [-0.2, -0.15) is 0 Å². The fourth-order valence-electron chi connectivity index (χ4n) is 6.63. The zero-order valence-electron chi connectivity index (χ0n) is 18.9. The lowest BCUT2D eigenvalue weighted by Crippen LogP contribution is -2.37. The second-order valence-electron chi connectivity index (χ2n) is 10.1. The summed E-state index contributed by atoms with van der Waals surface area (Å²) in [5.74, 6) is 3.62. The van der Waals surface area contributed by atoms with Gasteiger partial charge in [0.15, 0.2) is 0 Å². The lowest BCUT2D eigenvalue weighted by Gasteiger charge is -2.45. The molecule has 0 N–H and O–H groups in total. The molecule has 2 fully saturated rings. The summed E-state index contributed by atoms with van der Waals surface area (Å²) >= 11 is 0. The van der Waals surface area contributed by atoms with E-state index in [1.165, 1.54) is 68.9 Å². The van der Waals surface area contributed by atoms with Gasteiger partial charge in [0.25, 0.3) is 0 Å². The van der Waals surface area contributed by atoms with Crippen LogP contribution in [0.3, 0.4) is 0 Å². The maximum atomic E-state index is 5.77. The first-order valence-electron chi connectivity index (χ1n) is 12.3. The van der Waals surface area contributed by atoms with Gasteiger partial charge in [-0.05, 0) is 99.0 Å². The molecule has 1 atom stereocenters. The van der Waals surface area contributed by atoms with Crippen LogP contribution in [0, 0.1) is 29.1 Å². The van der Waals surface area contributed by atoms with Crippen molar-refractivity contribution in [1.82, 2.24) is 0 Å². The molecule has 1 aromatic carbocycles. The van der Waals surface area contributed by atoms with Crippen molar-refractivity contribution in [2.75, 3.05) is 13.7 Å². The monoisotopic (exact) mass is 404 g/mol. The van der Waals surface area contributed by atoms with Gasteiger partial charge in [-0.3, -0.25) is 0 Å². The molecule has 0 aliphatic heterocycles. The Kier molecular flexibility index (Phi) is 7.31. The molecule has 3 aliphatic carbocycles. The van der Waals surface area contributed by atoms with Crippen LogP contribution in [0.15, 0.2) is 61.2 Å². The zero-order valence-corrected chi connectivity index (χ0v) is 18.9. The van der Waals surface area contributed by atoms with E-state index >= 15 is 0 Å². The molecule has 2 saturated carbocycles. The van der Waals surface area contributed by atoms with Crippen LogP contribution in [-0.2, 0) is 4.74 Å². The zero-order chi connectivity index (χ0) is 20.8. The predicted octanol–water partition coefficient (Wildman–Crippen LogP) is 7.85. The van der Waals surface area contributed by atoms with E-state index in [4.69, 9.17) is 4.74 Å². The maximum absolute atomic E-state index is 5.77. The average Bonchev–Trinajstić information content (AvgIpc) is 2.81. The highest BCUT2D eigenvalue weighted by molar-refractivity contribution is 5.75. The van der Waals surface area contributed by atoms with Crippen LogP contribution in [0.5, 0.6) is 0 Å². The quantitative estimate of drug-likeness (QED) is 0.420. The molecule has 4 rings (SSSR count). The highest BCUT2D eigenvalue weighted by Gasteiger charge is 2.40. The first-order valence-corrected chi connectivity index (χ1v) is 12.3. The standard InChI is InChI=1S/C29H40O/c1-3-7-23-10-12-25(13-11-23)26-14-16-28(17-15-26)29(22-30-2)20-18-27(19-21-29)24-8-5-4-6-9-24/h3-6,8-9,18-20,23,25-26,28H,1,7,10-17,21-22H2,2H3/t23-,25-,26-,28-,29?. The van der Waals surface area contributed by atoms with Gasteiger partial charge in [-0.25, -0.2) is 0 Å². The lowest BCUT2D eigenvalue weighted by molar-refractivity contribution is 0.0347. The molecule has 3 aliphatic rings. The van der Waals surface area contributed by atoms with Crippen LogP contribution in [0.4, 0.5) is 0 Å². The third-order valence-electron chi connectivity index (χ3n) is 8.46. The number of hydrogen-bond acceptors (Lipinski definition) is 1. The Balaban J connectivity index is 1.35. The van der Waals surface area contributed by atoms with Crippen molar-refractivity contribution in [2.45, 2.75) is 64.2 Å².